The molecule has 0 bridgehead atoms. The van der Waals surface area contributed by atoms with Gasteiger partial charge in [0.05, 0.1) is 12.2 Å². The Morgan fingerprint density at radius 2 is 1.86 bits per heavy atom. The zero-order chi connectivity index (χ0) is 20.4. The van der Waals surface area contributed by atoms with Crippen molar-refractivity contribution in [1.29, 1.82) is 0 Å². The molecular weight excluding hydrogens is 354 g/mol. The topological polar surface area (TPSA) is 91.5 Å². The molecule has 28 heavy (non-hydrogen) atoms. The third-order valence-corrected chi connectivity index (χ3v) is 4.33. The summed E-state index contributed by atoms with van der Waals surface area (Å²) >= 11 is 0. The van der Waals surface area contributed by atoms with Crippen molar-refractivity contribution >= 4 is 11.9 Å². The van der Waals surface area contributed by atoms with E-state index < -0.39 is 0 Å². The molecule has 1 aromatic heterocycles. The van der Waals surface area contributed by atoms with Crippen LogP contribution in [0.15, 0.2) is 33.8 Å². The largest absolute Gasteiger partial charge is 0.361 e. The molecule has 7 heteroatoms. The van der Waals surface area contributed by atoms with Gasteiger partial charge in [-0.1, -0.05) is 31.1 Å². The number of aliphatic imine (C=N–C) groups is 1. The van der Waals surface area contributed by atoms with Crippen molar-refractivity contribution < 1.29 is 9.32 Å². The number of hydrogen-bond acceptors (Lipinski definition) is 4. The van der Waals surface area contributed by atoms with Crippen LogP contribution in [0.3, 0.4) is 0 Å². The number of nitrogens with one attached hydrogen (secondary N) is 3. The summed E-state index contributed by atoms with van der Waals surface area (Å²) in [5, 5.41) is 13.6. The van der Waals surface area contributed by atoms with E-state index in [1.807, 2.05) is 38.1 Å². The molecule has 2 aromatic rings. The number of benzene rings is 1. The molecule has 0 spiro atoms. The predicted octanol–water partition coefficient (Wildman–Crippen LogP) is 2.80. The van der Waals surface area contributed by atoms with Gasteiger partial charge in [0.1, 0.15) is 5.76 Å². The molecule has 2 rings (SSSR count). The molecule has 0 radical (unpaired) electrons. The van der Waals surface area contributed by atoms with Crippen LogP contribution >= 0.6 is 0 Å². The SMILES string of the molecule is CCNC(=O)c1cccc(CN=C(NCC)NCc2c(CC)noc2CC)c1. The fourth-order valence-electron chi connectivity index (χ4n) is 2.90. The van der Waals surface area contributed by atoms with Crippen molar-refractivity contribution in [2.75, 3.05) is 13.1 Å². The second-order valence-corrected chi connectivity index (χ2v) is 6.35. The van der Waals surface area contributed by atoms with Crippen LogP contribution in [0.25, 0.3) is 0 Å². The molecule has 152 valence electrons. The van der Waals surface area contributed by atoms with E-state index in [1.54, 1.807) is 0 Å². The summed E-state index contributed by atoms with van der Waals surface area (Å²) in [4.78, 5) is 16.7. The molecular formula is C21H31N5O2. The van der Waals surface area contributed by atoms with Gasteiger partial charge in [0.15, 0.2) is 5.96 Å². The molecule has 0 saturated heterocycles. The summed E-state index contributed by atoms with van der Waals surface area (Å²) in [6.07, 6.45) is 1.64. The fourth-order valence-corrected chi connectivity index (χ4v) is 2.90. The van der Waals surface area contributed by atoms with E-state index in [9.17, 15) is 4.79 Å². The van der Waals surface area contributed by atoms with Gasteiger partial charge in [-0.05, 0) is 38.0 Å². The molecule has 0 aliphatic carbocycles. The highest BCUT2D eigenvalue weighted by molar-refractivity contribution is 5.94. The van der Waals surface area contributed by atoms with Crippen LogP contribution in [0.1, 0.15) is 60.6 Å². The highest BCUT2D eigenvalue weighted by Gasteiger charge is 2.13. The van der Waals surface area contributed by atoms with E-state index in [1.165, 1.54) is 0 Å². The molecule has 3 N–H and O–H groups in total. The first-order valence-electron chi connectivity index (χ1n) is 9.98. The summed E-state index contributed by atoms with van der Waals surface area (Å²) < 4.78 is 5.42. The van der Waals surface area contributed by atoms with Crippen molar-refractivity contribution in [2.24, 2.45) is 4.99 Å². The van der Waals surface area contributed by atoms with E-state index in [-0.39, 0.29) is 5.91 Å². The zero-order valence-electron chi connectivity index (χ0n) is 17.3. The lowest BCUT2D eigenvalue weighted by Gasteiger charge is -2.12. The standard InChI is InChI=1S/C21H31N5O2/c1-5-18-17(19(6-2)28-26-18)14-25-21(23-8-4)24-13-15-10-9-11-16(12-15)20(27)22-7-3/h9-12H,5-8,13-14H2,1-4H3,(H,22,27)(H2,23,24,25). The van der Waals surface area contributed by atoms with Gasteiger partial charge >= 0.3 is 0 Å². The smallest absolute Gasteiger partial charge is 0.251 e. The van der Waals surface area contributed by atoms with Gasteiger partial charge in [-0.3, -0.25) is 4.79 Å². The minimum absolute atomic E-state index is 0.0648. The van der Waals surface area contributed by atoms with Crippen LogP contribution < -0.4 is 16.0 Å². The number of aromatic nitrogens is 1. The van der Waals surface area contributed by atoms with Gasteiger partial charge in [0.2, 0.25) is 0 Å². The number of carbonyl (C=O) groups excluding carboxylic acids is 1. The molecule has 0 aliphatic rings. The number of rotatable bonds is 9. The molecule has 0 saturated carbocycles. The Balaban J connectivity index is 2.08. The third kappa shape index (κ3) is 5.84. The predicted molar refractivity (Wildman–Crippen MR) is 111 cm³/mol. The highest BCUT2D eigenvalue weighted by Crippen LogP contribution is 2.15. The Morgan fingerprint density at radius 3 is 2.54 bits per heavy atom. The second-order valence-electron chi connectivity index (χ2n) is 6.35. The van der Waals surface area contributed by atoms with Crippen LogP contribution in [-0.4, -0.2) is 30.1 Å². The lowest BCUT2D eigenvalue weighted by Crippen LogP contribution is -2.37. The first-order valence-corrected chi connectivity index (χ1v) is 9.98. The number of aryl methyl sites for hydroxylation is 2. The second kappa shape index (κ2) is 11.1. The van der Waals surface area contributed by atoms with Crippen molar-refractivity contribution in [2.45, 2.75) is 53.6 Å². The maximum Gasteiger partial charge on any atom is 0.251 e. The quantitative estimate of drug-likeness (QED) is 0.456. The minimum Gasteiger partial charge on any atom is -0.361 e. The van der Waals surface area contributed by atoms with Crippen LogP contribution in [0, 0.1) is 0 Å². The average molecular weight is 386 g/mol. The van der Waals surface area contributed by atoms with Crippen LogP contribution in [-0.2, 0) is 25.9 Å². The Kier molecular flexibility index (Phi) is 8.52. The third-order valence-electron chi connectivity index (χ3n) is 4.33. The number of amides is 1. The normalized spacial score (nSPS) is 11.4. The highest BCUT2D eigenvalue weighted by atomic mass is 16.5. The van der Waals surface area contributed by atoms with Crippen LogP contribution in [0.4, 0.5) is 0 Å². The summed E-state index contributed by atoms with van der Waals surface area (Å²) in [6.45, 7) is 10.5. The lowest BCUT2D eigenvalue weighted by atomic mass is 10.1. The molecule has 7 nitrogen and oxygen atoms in total. The van der Waals surface area contributed by atoms with E-state index in [0.717, 1.165) is 47.9 Å². The van der Waals surface area contributed by atoms with Crippen molar-refractivity contribution in [3.63, 3.8) is 0 Å². The summed E-state index contributed by atoms with van der Waals surface area (Å²) in [7, 11) is 0. The first-order chi connectivity index (χ1) is 13.6. The van der Waals surface area contributed by atoms with E-state index in [4.69, 9.17) is 4.52 Å². The van der Waals surface area contributed by atoms with Gasteiger partial charge < -0.3 is 20.5 Å². The van der Waals surface area contributed by atoms with Gasteiger partial charge in [-0.15, -0.1) is 0 Å². The number of hydrogen-bond donors (Lipinski definition) is 3. The maximum atomic E-state index is 12.0. The zero-order valence-corrected chi connectivity index (χ0v) is 17.3. The van der Waals surface area contributed by atoms with Gasteiger partial charge in [0, 0.05) is 37.2 Å². The molecule has 1 heterocycles. The Morgan fingerprint density at radius 1 is 1.07 bits per heavy atom. The van der Waals surface area contributed by atoms with Crippen molar-refractivity contribution in [3.8, 4) is 0 Å². The summed E-state index contributed by atoms with van der Waals surface area (Å²) in [5.41, 5.74) is 3.72. The Bertz CT molecular complexity index is 776. The van der Waals surface area contributed by atoms with E-state index >= 15 is 0 Å². The Hall–Kier alpha value is -2.83. The van der Waals surface area contributed by atoms with Gasteiger partial charge in [-0.2, -0.15) is 0 Å². The van der Waals surface area contributed by atoms with E-state index in [2.05, 4.69) is 39.9 Å². The maximum absolute atomic E-state index is 12.0. The molecule has 0 unspecified atom stereocenters. The first kappa shape index (κ1) is 21.5. The minimum atomic E-state index is -0.0648. The number of guanidine groups is 1. The molecule has 1 amide bonds. The monoisotopic (exact) mass is 385 g/mol. The molecule has 0 fully saturated rings. The Labute approximate surface area is 167 Å². The van der Waals surface area contributed by atoms with Gasteiger partial charge in [-0.25, -0.2) is 4.99 Å². The summed E-state index contributed by atoms with van der Waals surface area (Å²) in [5.74, 6) is 1.57. The lowest BCUT2D eigenvalue weighted by molar-refractivity contribution is 0.0955. The van der Waals surface area contributed by atoms with Crippen LogP contribution in [0.2, 0.25) is 0 Å². The molecule has 0 aliphatic heterocycles. The van der Waals surface area contributed by atoms with E-state index in [0.29, 0.717) is 25.2 Å². The molecule has 0 atom stereocenters. The summed E-state index contributed by atoms with van der Waals surface area (Å²) in [6, 6.07) is 7.54. The van der Waals surface area contributed by atoms with Crippen molar-refractivity contribution in [1.82, 2.24) is 21.1 Å². The fraction of sp³-hybridized carbons (Fsp3) is 0.476. The average Bonchev–Trinajstić information content (AvgIpc) is 3.12. The van der Waals surface area contributed by atoms with Gasteiger partial charge in [0.25, 0.3) is 5.91 Å². The number of nitrogens with zero attached hydrogens (tertiary/aromatic N) is 2. The number of carbonyl (C=O) groups is 1. The molecule has 1 aromatic carbocycles. The van der Waals surface area contributed by atoms with Crippen molar-refractivity contribution in [3.05, 3.63) is 52.4 Å². The van der Waals surface area contributed by atoms with Crippen LogP contribution in [0.5, 0.6) is 0 Å².